The summed E-state index contributed by atoms with van der Waals surface area (Å²) in [5, 5.41) is 12.1. The largest absolute Gasteiger partial charge is 0.409 e. The van der Waals surface area contributed by atoms with Gasteiger partial charge in [0.05, 0.1) is 5.02 Å². The van der Waals surface area contributed by atoms with Gasteiger partial charge in [0.15, 0.2) is 5.84 Å². The molecule has 0 spiro atoms. The maximum atomic E-state index is 8.70. The fourth-order valence-electron chi connectivity index (χ4n) is 2.00. The van der Waals surface area contributed by atoms with Crippen LogP contribution in [0.25, 0.3) is 0 Å². The molecule has 0 radical (unpaired) electrons. The molecule has 2 aromatic rings. The van der Waals surface area contributed by atoms with E-state index >= 15 is 0 Å². The lowest BCUT2D eigenvalue weighted by Crippen LogP contribution is -2.18. The number of nitrogens with two attached hydrogens (primary N) is 1. The number of anilines is 1. The van der Waals surface area contributed by atoms with Crippen molar-refractivity contribution in [3.8, 4) is 0 Å². The normalized spacial score (nSPS) is 11.5. The van der Waals surface area contributed by atoms with Crippen LogP contribution in [0.3, 0.4) is 0 Å². The molecule has 0 atom stereocenters. The van der Waals surface area contributed by atoms with Crippen molar-refractivity contribution in [2.75, 3.05) is 11.9 Å². The van der Waals surface area contributed by atoms with E-state index in [1.807, 2.05) is 25.2 Å². The van der Waals surface area contributed by atoms with Gasteiger partial charge in [-0.25, -0.2) is 0 Å². The van der Waals surface area contributed by atoms with Crippen molar-refractivity contribution in [1.29, 1.82) is 0 Å². The molecule has 0 aliphatic rings. The fraction of sp³-hybridized carbons (Fsp3) is 0.133. The third kappa shape index (κ3) is 3.89. The average Bonchev–Trinajstić information content (AvgIpc) is 2.46. The zero-order valence-electron chi connectivity index (χ0n) is 11.4. The van der Waals surface area contributed by atoms with Gasteiger partial charge in [-0.1, -0.05) is 44.8 Å². The van der Waals surface area contributed by atoms with Crippen molar-refractivity contribution in [1.82, 2.24) is 0 Å². The lowest BCUT2D eigenvalue weighted by molar-refractivity contribution is 0.318. The minimum Gasteiger partial charge on any atom is -0.409 e. The minimum absolute atomic E-state index is 0.00110. The Balaban J connectivity index is 2.20. The van der Waals surface area contributed by atoms with Gasteiger partial charge < -0.3 is 15.8 Å². The first-order valence-electron chi connectivity index (χ1n) is 6.24. The fourth-order valence-corrected chi connectivity index (χ4v) is 2.72. The van der Waals surface area contributed by atoms with Gasteiger partial charge >= 0.3 is 0 Å². The van der Waals surface area contributed by atoms with Gasteiger partial charge in [0.25, 0.3) is 0 Å². The molecule has 0 heterocycles. The van der Waals surface area contributed by atoms with Crippen LogP contribution in [0.4, 0.5) is 5.69 Å². The van der Waals surface area contributed by atoms with Crippen molar-refractivity contribution in [3.63, 3.8) is 0 Å². The molecule has 0 amide bonds. The molecule has 0 saturated carbocycles. The van der Waals surface area contributed by atoms with Crippen LogP contribution in [-0.4, -0.2) is 18.1 Å². The molecule has 0 aromatic heterocycles. The Bertz CT molecular complexity index is 676. The predicted octanol–water partition coefficient (Wildman–Crippen LogP) is 3.83. The number of oxime groups is 1. The quantitative estimate of drug-likeness (QED) is 0.373. The van der Waals surface area contributed by atoms with Crippen molar-refractivity contribution >= 4 is 39.1 Å². The van der Waals surface area contributed by atoms with Crippen LogP contribution < -0.4 is 10.6 Å². The summed E-state index contributed by atoms with van der Waals surface area (Å²) >= 11 is 9.63. The summed E-state index contributed by atoms with van der Waals surface area (Å²) in [6.07, 6.45) is 0. The van der Waals surface area contributed by atoms with E-state index in [4.69, 9.17) is 22.5 Å². The van der Waals surface area contributed by atoms with Gasteiger partial charge in [0.1, 0.15) is 0 Å². The Labute approximate surface area is 136 Å². The minimum atomic E-state index is 0.00110. The zero-order chi connectivity index (χ0) is 15.4. The van der Waals surface area contributed by atoms with Gasteiger partial charge in [-0.3, -0.25) is 0 Å². The molecule has 3 N–H and O–H groups in total. The summed E-state index contributed by atoms with van der Waals surface area (Å²) < 4.78 is 1.05. The van der Waals surface area contributed by atoms with Crippen molar-refractivity contribution < 1.29 is 5.21 Å². The van der Waals surface area contributed by atoms with Crippen LogP contribution in [0, 0.1) is 0 Å². The smallest absolute Gasteiger partial charge is 0.171 e. The van der Waals surface area contributed by atoms with Gasteiger partial charge in [-0.05, 0) is 35.9 Å². The van der Waals surface area contributed by atoms with Gasteiger partial charge in [-0.15, -0.1) is 0 Å². The average molecular weight is 369 g/mol. The van der Waals surface area contributed by atoms with E-state index in [-0.39, 0.29) is 5.84 Å². The van der Waals surface area contributed by atoms with E-state index in [0.717, 1.165) is 16.7 Å². The molecule has 0 aliphatic heterocycles. The highest BCUT2D eigenvalue weighted by atomic mass is 79.9. The van der Waals surface area contributed by atoms with Gasteiger partial charge in [-0.2, -0.15) is 0 Å². The summed E-state index contributed by atoms with van der Waals surface area (Å²) in [4.78, 5) is 2.07. The molecular formula is C15H15BrClN3O. The SMILES string of the molecule is CN(Cc1cccc(Br)c1)c1ccc(C(N)=NO)c(Cl)c1. The zero-order valence-corrected chi connectivity index (χ0v) is 13.8. The molecule has 110 valence electrons. The number of halogens is 2. The Morgan fingerprint density at radius 3 is 2.71 bits per heavy atom. The monoisotopic (exact) mass is 367 g/mol. The maximum Gasteiger partial charge on any atom is 0.171 e. The highest BCUT2D eigenvalue weighted by Crippen LogP contribution is 2.24. The van der Waals surface area contributed by atoms with Crippen molar-refractivity contribution in [3.05, 3.63) is 63.1 Å². The predicted molar refractivity (Wildman–Crippen MR) is 90.2 cm³/mol. The topological polar surface area (TPSA) is 61.8 Å². The van der Waals surface area contributed by atoms with E-state index < -0.39 is 0 Å². The van der Waals surface area contributed by atoms with Crippen LogP contribution in [0.1, 0.15) is 11.1 Å². The highest BCUT2D eigenvalue weighted by Gasteiger charge is 2.09. The molecule has 0 unspecified atom stereocenters. The van der Waals surface area contributed by atoms with E-state index in [0.29, 0.717) is 10.6 Å². The standard InChI is InChI=1S/C15H15BrClN3O/c1-20(9-10-3-2-4-11(16)7-10)12-5-6-13(14(17)8-12)15(18)19-21/h2-8,21H,9H2,1H3,(H2,18,19). The number of amidine groups is 1. The molecule has 0 bridgehead atoms. The molecule has 4 nitrogen and oxygen atoms in total. The molecule has 21 heavy (non-hydrogen) atoms. The Kier molecular flexibility index (Phi) is 5.09. The second kappa shape index (κ2) is 6.83. The maximum absolute atomic E-state index is 8.70. The van der Waals surface area contributed by atoms with Crippen LogP contribution >= 0.6 is 27.5 Å². The van der Waals surface area contributed by atoms with E-state index in [2.05, 4.69) is 38.1 Å². The lowest BCUT2D eigenvalue weighted by Gasteiger charge is -2.20. The molecule has 0 fully saturated rings. The third-order valence-electron chi connectivity index (χ3n) is 3.09. The summed E-state index contributed by atoms with van der Waals surface area (Å²) in [6.45, 7) is 0.749. The van der Waals surface area contributed by atoms with Crippen LogP contribution in [0.5, 0.6) is 0 Å². The highest BCUT2D eigenvalue weighted by molar-refractivity contribution is 9.10. The Hall–Kier alpha value is -1.72. The second-order valence-electron chi connectivity index (χ2n) is 4.64. The summed E-state index contributed by atoms with van der Waals surface area (Å²) in [5.74, 6) is 0.00110. The molecule has 2 aromatic carbocycles. The second-order valence-corrected chi connectivity index (χ2v) is 5.96. The Morgan fingerprint density at radius 1 is 1.33 bits per heavy atom. The third-order valence-corrected chi connectivity index (χ3v) is 3.89. The van der Waals surface area contributed by atoms with Crippen molar-refractivity contribution in [2.45, 2.75) is 6.54 Å². The lowest BCUT2D eigenvalue weighted by atomic mass is 10.1. The summed E-state index contributed by atoms with van der Waals surface area (Å²) in [6, 6.07) is 13.6. The van der Waals surface area contributed by atoms with Crippen LogP contribution in [0.15, 0.2) is 52.1 Å². The first kappa shape index (κ1) is 15.7. The molecular weight excluding hydrogens is 354 g/mol. The first-order valence-corrected chi connectivity index (χ1v) is 7.41. The first-order chi connectivity index (χ1) is 10.0. The molecule has 6 heteroatoms. The number of hydrogen-bond donors (Lipinski definition) is 2. The Morgan fingerprint density at radius 2 is 2.10 bits per heavy atom. The molecule has 0 saturated heterocycles. The summed E-state index contributed by atoms with van der Waals surface area (Å²) in [5.41, 5.74) is 8.21. The van der Waals surface area contributed by atoms with Crippen molar-refractivity contribution in [2.24, 2.45) is 10.9 Å². The molecule has 0 aliphatic carbocycles. The van der Waals surface area contributed by atoms with E-state index in [9.17, 15) is 0 Å². The number of nitrogens with zero attached hydrogens (tertiary/aromatic N) is 2. The number of hydrogen-bond acceptors (Lipinski definition) is 3. The van der Waals surface area contributed by atoms with Crippen LogP contribution in [-0.2, 0) is 6.54 Å². The number of rotatable bonds is 4. The van der Waals surface area contributed by atoms with Gasteiger partial charge in [0, 0.05) is 29.3 Å². The number of benzene rings is 2. The van der Waals surface area contributed by atoms with E-state index in [1.165, 1.54) is 5.56 Å². The van der Waals surface area contributed by atoms with Gasteiger partial charge in [0.2, 0.25) is 0 Å². The van der Waals surface area contributed by atoms with Crippen LogP contribution in [0.2, 0.25) is 5.02 Å². The summed E-state index contributed by atoms with van der Waals surface area (Å²) in [7, 11) is 1.98. The molecule has 2 rings (SSSR count). The van der Waals surface area contributed by atoms with E-state index in [1.54, 1.807) is 12.1 Å².